The van der Waals surface area contributed by atoms with Gasteiger partial charge in [0.25, 0.3) is 0 Å². The van der Waals surface area contributed by atoms with Gasteiger partial charge in [-0.2, -0.15) is 0 Å². The standard InChI is InChI=1S/C7H12NO2/c1-5(2)7(10)8-4-6(3)9/h4,6,9H,1H2,2-3H3,(H,8,10). The van der Waals surface area contributed by atoms with Crippen LogP contribution in [0.4, 0.5) is 0 Å². The highest BCUT2D eigenvalue weighted by molar-refractivity contribution is 5.92. The van der Waals surface area contributed by atoms with Crippen molar-refractivity contribution >= 4 is 5.91 Å². The van der Waals surface area contributed by atoms with Crippen LogP contribution in [0.2, 0.25) is 0 Å². The molecule has 3 heteroatoms. The van der Waals surface area contributed by atoms with Gasteiger partial charge in [0.2, 0.25) is 5.91 Å². The van der Waals surface area contributed by atoms with Gasteiger partial charge in [-0.15, -0.1) is 0 Å². The Balaban J connectivity index is 3.50. The largest absolute Gasteiger partial charge is 0.391 e. The van der Waals surface area contributed by atoms with Gasteiger partial charge in [0, 0.05) is 5.57 Å². The highest BCUT2D eigenvalue weighted by Gasteiger charge is 2.01. The second-order valence-corrected chi connectivity index (χ2v) is 2.16. The van der Waals surface area contributed by atoms with E-state index >= 15 is 0 Å². The first-order chi connectivity index (χ1) is 4.54. The lowest BCUT2D eigenvalue weighted by Gasteiger charge is -2.04. The van der Waals surface area contributed by atoms with E-state index in [1.165, 1.54) is 6.54 Å². The van der Waals surface area contributed by atoms with Crippen molar-refractivity contribution in [2.24, 2.45) is 0 Å². The van der Waals surface area contributed by atoms with E-state index in [9.17, 15) is 4.79 Å². The van der Waals surface area contributed by atoms with Crippen LogP contribution in [0.15, 0.2) is 12.2 Å². The maximum absolute atomic E-state index is 10.7. The average molecular weight is 142 g/mol. The average Bonchev–Trinajstić information content (AvgIpc) is 1.82. The molecule has 0 aliphatic carbocycles. The summed E-state index contributed by atoms with van der Waals surface area (Å²) in [6.07, 6.45) is -0.622. The minimum Gasteiger partial charge on any atom is -0.391 e. The first-order valence-corrected chi connectivity index (χ1v) is 3.02. The third-order valence-corrected chi connectivity index (χ3v) is 0.843. The van der Waals surface area contributed by atoms with E-state index in [1.807, 2.05) is 0 Å². The van der Waals surface area contributed by atoms with Gasteiger partial charge in [-0.25, -0.2) is 0 Å². The number of aliphatic hydroxyl groups is 1. The van der Waals surface area contributed by atoms with Crippen LogP contribution < -0.4 is 5.32 Å². The molecular formula is C7H12NO2. The Kier molecular flexibility index (Phi) is 3.72. The molecule has 2 N–H and O–H groups in total. The maximum atomic E-state index is 10.7. The number of nitrogens with one attached hydrogen (secondary N) is 1. The van der Waals surface area contributed by atoms with Gasteiger partial charge in [-0.1, -0.05) is 6.58 Å². The molecule has 0 aromatic carbocycles. The molecule has 10 heavy (non-hydrogen) atoms. The van der Waals surface area contributed by atoms with Crippen molar-refractivity contribution in [3.63, 3.8) is 0 Å². The van der Waals surface area contributed by atoms with Gasteiger partial charge < -0.3 is 10.4 Å². The zero-order valence-electron chi connectivity index (χ0n) is 6.22. The van der Waals surface area contributed by atoms with Gasteiger partial charge in [-0.05, 0) is 13.8 Å². The van der Waals surface area contributed by atoms with E-state index < -0.39 is 6.10 Å². The molecule has 0 aromatic rings. The van der Waals surface area contributed by atoms with E-state index in [2.05, 4.69) is 11.9 Å². The molecule has 1 radical (unpaired) electrons. The molecule has 1 unspecified atom stereocenters. The summed E-state index contributed by atoms with van der Waals surface area (Å²) >= 11 is 0. The van der Waals surface area contributed by atoms with Gasteiger partial charge in [0.05, 0.1) is 12.6 Å². The Morgan fingerprint density at radius 3 is 2.60 bits per heavy atom. The van der Waals surface area contributed by atoms with Crippen molar-refractivity contribution in [3.05, 3.63) is 18.7 Å². The van der Waals surface area contributed by atoms with Crippen LogP contribution in [0, 0.1) is 6.54 Å². The smallest absolute Gasteiger partial charge is 0.246 e. The van der Waals surface area contributed by atoms with Gasteiger partial charge in [-0.3, -0.25) is 4.79 Å². The molecule has 0 aliphatic rings. The monoisotopic (exact) mass is 142 g/mol. The van der Waals surface area contributed by atoms with Crippen molar-refractivity contribution in [3.8, 4) is 0 Å². The summed E-state index contributed by atoms with van der Waals surface area (Å²) in [6.45, 7) is 7.88. The van der Waals surface area contributed by atoms with Crippen LogP contribution in [-0.4, -0.2) is 17.1 Å². The minimum absolute atomic E-state index is 0.263. The fourth-order valence-corrected chi connectivity index (χ4v) is 0.319. The van der Waals surface area contributed by atoms with Crippen LogP contribution in [0.3, 0.4) is 0 Å². The summed E-state index contributed by atoms with van der Waals surface area (Å²) in [5, 5.41) is 11.1. The maximum Gasteiger partial charge on any atom is 0.246 e. The van der Waals surface area contributed by atoms with E-state index in [0.717, 1.165) is 0 Å². The molecular weight excluding hydrogens is 130 g/mol. The molecule has 0 fully saturated rings. The summed E-state index contributed by atoms with van der Waals surface area (Å²) in [6, 6.07) is 0. The zero-order valence-corrected chi connectivity index (χ0v) is 6.22. The quantitative estimate of drug-likeness (QED) is 0.554. The third kappa shape index (κ3) is 4.09. The van der Waals surface area contributed by atoms with Crippen LogP contribution in [0.5, 0.6) is 0 Å². The summed E-state index contributed by atoms with van der Waals surface area (Å²) < 4.78 is 0. The molecule has 0 saturated heterocycles. The van der Waals surface area contributed by atoms with Crippen LogP contribution in [0.25, 0.3) is 0 Å². The molecule has 0 aromatic heterocycles. The van der Waals surface area contributed by atoms with Crippen molar-refractivity contribution in [2.75, 3.05) is 0 Å². The third-order valence-electron chi connectivity index (χ3n) is 0.843. The highest BCUT2D eigenvalue weighted by Crippen LogP contribution is 1.88. The lowest BCUT2D eigenvalue weighted by Crippen LogP contribution is -2.25. The van der Waals surface area contributed by atoms with E-state index in [0.29, 0.717) is 5.57 Å². The number of rotatable bonds is 3. The predicted octanol–water partition coefficient (Wildman–Crippen LogP) is 0.221. The Morgan fingerprint density at radius 2 is 2.30 bits per heavy atom. The van der Waals surface area contributed by atoms with Crippen LogP contribution >= 0.6 is 0 Å². The predicted molar refractivity (Wildman–Crippen MR) is 38.9 cm³/mol. The van der Waals surface area contributed by atoms with E-state index in [-0.39, 0.29) is 5.91 Å². The number of hydrogen-bond acceptors (Lipinski definition) is 2. The lowest BCUT2D eigenvalue weighted by molar-refractivity contribution is -0.117. The molecule has 0 saturated carbocycles. The van der Waals surface area contributed by atoms with E-state index in [4.69, 9.17) is 5.11 Å². The van der Waals surface area contributed by atoms with Crippen molar-refractivity contribution in [1.29, 1.82) is 0 Å². The van der Waals surface area contributed by atoms with Gasteiger partial charge in [0.1, 0.15) is 0 Å². The lowest BCUT2D eigenvalue weighted by atomic mass is 10.3. The summed E-state index contributed by atoms with van der Waals surface area (Å²) in [4.78, 5) is 10.7. The minimum atomic E-state index is -0.622. The summed E-state index contributed by atoms with van der Waals surface area (Å²) in [5.41, 5.74) is 0.428. The molecule has 0 heterocycles. The summed E-state index contributed by atoms with van der Waals surface area (Å²) in [5.74, 6) is -0.263. The van der Waals surface area contributed by atoms with Crippen molar-refractivity contribution in [2.45, 2.75) is 20.0 Å². The number of aliphatic hydroxyl groups excluding tert-OH is 1. The Hall–Kier alpha value is -0.830. The number of hydrogen-bond donors (Lipinski definition) is 2. The second-order valence-electron chi connectivity index (χ2n) is 2.16. The molecule has 0 rings (SSSR count). The van der Waals surface area contributed by atoms with Crippen molar-refractivity contribution < 1.29 is 9.90 Å². The number of carbonyl (C=O) groups is 1. The van der Waals surface area contributed by atoms with Gasteiger partial charge >= 0.3 is 0 Å². The number of amides is 1. The molecule has 1 atom stereocenters. The highest BCUT2D eigenvalue weighted by atomic mass is 16.3. The normalized spacial score (nSPS) is 12.3. The molecule has 1 amide bonds. The van der Waals surface area contributed by atoms with Crippen LogP contribution in [-0.2, 0) is 4.79 Å². The van der Waals surface area contributed by atoms with Crippen LogP contribution in [0.1, 0.15) is 13.8 Å². The van der Waals surface area contributed by atoms with Crippen molar-refractivity contribution in [1.82, 2.24) is 5.32 Å². The first kappa shape index (κ1) is 9.17. The molecule has 0 bridgehead atoms. The molecule has 0 spiro atoms. The molecule has 0 aliphatic heterocycles. The Bertz CT molecular complexity index is 141. The fraction of sp³-hybridized carbons (Fsp3) is 0.429. The SMILES string of the molecule is C=C(C)C(=O)N[CH]C(C)O. The fourth-order valence-electron chi connectivity index (χ4n) is 0.319. The molecule has 57 valence electrons. The zero-order chi connectivity index (χ0) is 8.15. The topological polar surface area (TPSA) is 49.3 Å². The summed E-state index contributed by atoms with van der Waals surface area (Å²) in [7, 11) is 0. The number of carbonyl (C=O) groups excluding carboxylic acids is 1. The Morgan fingerprint density at radius 1 is 1.80 bits per heavy atom. The second kappa shape index (κ2) is 4.06. The van der Waals surface area contributed by atoms with Gasteiger partial charge in [0.15, 0.2) is 0 Å². The first-order valence-electron chi connectivity index (χ1n) is 3.02. The Labute approximate surface area is 60.7 Å². The van der Waals surface area contributed by atoms with E-state index in [1.54, 1.807) is 13.8 Å². The molecule has 3 nitrogen and oxygen atoms in total.